The third-order valence-corrected chi connectivity index (χ3v) is 3.71. The summed E-state index contributed by atoms with van der Waals surface area (Å²) in [6.07, 6.45) is 1.62. The Labute approximate surface area is 120 Å². The summed E-state index contributed by atoms with van der Waals surface area (Å²) >= 11 is 0. The number of anilines is 2. The van der Waals surface area contributed by atoms with Gasteiger partial charge in [-0.05, 0) is 40.3 Å². The van der Waals surface area contributed by atoms with Crippen LogP contribution in [0.2, 0.25) is 0 Å². The number of carbonyl (C=O) groups excluding carboxylic acids is 1. The lowest BCUT2D eigenvalue weighted by Gasteiger charge is -2.29. The topological polar surface area (TPSA) is 94.0 Å². The van der Waals surface area contributed by atoms with Crippen molar-refractivity contribution in [3.05, 3.63) is 35.6 Å². The van der Waals surface area contributed by atoms with E-state index in [0.717, 1.165) is 12.0 Å². The van der Waals surface area contributed by atoms with Crippen LogP contribution in [0, 0.1) is 5.82 Å². The van der Waals surface area contributed by atoms with Gasteiger partial charge in [0.2, 0.25) is 11.6 Å². The highest BCUT2D eigenvalue weighted by atomic mass is 19.1. The van der Waals surface area contributed by atoms with Gasteiger partial charge in [0, 0.05) is 18.9 Å². The molecule has 1 aromatic heterocycles. The number of halogens is 1. The molecule has 110 valence electrons. The molecule has 1 aromatic carbocycles. The Hall–Kier alpha value is -2.44. The lowest BCUT2D eigenvalue weighted by Crippen LogP contribution is -2.31. The molecule has 6 nitrogen and oxygen atoms in total. The van der Waals surface area contributed by atoms with Crippen LogP contribution in [-0.2, 0) is 4.79 Å². The second kappa shape index (κ2) is 5.51. The van der Waals surface area contributed by atoms with Crippen molar-refractivity contribution in [2.45, 2.75) is 31.2 Å². The van der Waals surface area contributed by atoms with E-state index in [-0.39, 0.29) is 29.4 Å². The van der Waals surface area contributed by atoms with Gasteiger partial charge < -0.3 is 11.1 Å². The number of carbonyl (C=O) groups is 1. The van der Waals surface area contributed by atoms with E-state index < -0.39 is 0 Å². The quantitative estimate of drug-likeness (QED) is 0.899. The van der Waals surface area contributed by atoms with E-state index in [0.29, 0.717) is 18.7 Å². The lowest BCUT2D eigenvalue weighted by molar-refractivity contribution is -0.120. The molecule has 3 rings (SSSR count). The molecule has 0 amide bonds. The summed E-state index contributed by atoms with van der Waals surface area (Å²) < 4.78 is 17.5. The first kappa shape index (κ1) is 13.5. The van der Waals surface area contributed by atoms with E-state index in [1.54, 1.807) is 12.1 Å². The first-order chi connectivity index (χ1) is 10.1. The normalized spacial score (nSPS) is 22.2. The van der Waals surface area contributed by atoms with Gasteiger partial charge in [0.1, 0.15) is 11.6 Å². The number of nitrogens with two attached hydrogens (primary N) is 1. The van der Waals surface area contributed by atoms with Crippen LogP contribution in [0.3, 0.4) is 0 Å². The van der Waals surface area contributed by atoms with Crippen molar-refractivity contribution in [2.75, 3.05) is 11.1 Å². The molecule has 1 aliphatic rings. The minimum atomic E-state index is -0.281. The van der Waals surface area contributed by atoms with Crippen molar-refractivity contribution in [3.63, 3.8) is 0 Å². The number of nitrogens with zero attached hydrogens (tertiary/aromatic N) is 2. The van der Waals surface area contributed by atoms with Crippen LogP contribution in [0.4, 0.5) is 16.0 Å². The van der Waals surface area contributed by atoms with Crippen molar-refractivity contribution in [1.82, 2.24) is 10.3 Å². The summed E-state index contributed by atoms with van der Waals surface area (Å²) in [7, 11) is 0. The van der Waals surface area contributed by atoms with E-state index in [9.17, 15) is 9.18 Å². The Morgan fingerprint density at radius 1 is 1.24 bits per heavy atom. The van der Waals surface area contributed by atoms with Crippen molar-refractivity contribution >= 4 is 17.4 Å². The smallest absolute Gasteiger partial charge is 0.215 e. The molecule has 0 radical (unpaired) electrons. The van der Waals surface area contributed by atoms with Gasteiger partial charge in [-0.3, -0.25) is 4.79 Å². The molecule has 2 atom stereocenters. The number of hydrogen-bond acceptors (Lipinski definition) is 6. The van der Waals surface area contributed by atoms with Crippen LogP contribution in [0.5, 0.6) is 0 Å². The molecule has 0 aliphatic heterocycles. The van der Waals surface area contributed by atoms with E-state index in [2.05, 4.69) is 20.3 Å². The number of ketones is 1. The zero-order valence-electron chi connectivity index (χ0n) is 11.3. The Morgan fingerprint density at radius 2 is 2.00 bits per heavy atom. The monoisotopic (exact) mass is 290 g/mol. The van der Waals surface area contributed by atoms with E-state index >= 15 is 0 Å². The van der Waals surface area contributed by atoms with Crippen LogP contribution in [0.25, 0.3) is 0 Å². The summed E-state index contributed by atoms with van der Waals surface area (Å²) in [5.74, 6) is 0.462. The van der Waals surface area contributed by atoms with E-state index in [1.807, 2.05) is 0 Å². The largest absolute Gasteiger partial charge is 0.378 e. The molecular weight excluding hydrogens is 275 g/mol. The number of Topliss-reactive ketones (excluding diaryl/α,β-unsaturated/α-hetero) is 1. The number of aromatic nitrogens is 2. The zero-order chi connectivity index (χ0) is 14.8. The molecule has 7 heteroatoms. The molecule has 0 saturated heterocycles. The maximum Gasteiger partial charge on any atom is 0.215 e. The maximum absolute atomic E-state index is 13.0. The van der Waals surface area contributed by atoms with E-state index in [4.69, 9.17) is 5.73 Å². The predicted octanol–water partition coefficient (Wildman–Crippen LogP) is 2.11. The number of benzene rings is 1. The number of hydrogen-bond donors (Lipinski definition) is 2. The van der Waals surface area contributed by atoms with Crippen molar-refractivity contribution < 1.29 is 13.8 Å². The van der Waals surface area contributed by atoms with Crippen LogP contribution in [-0.4, -0.2) is 22.1 Å². The fourth-order valence-corrected chi connectivity index (χ4v) is 2.73. The fourth-order valence-electron chi connectivity index (χ4n) is 2.73. The maximum atomic E-state index is 13.0. The Bertz CT molecular complexity index is 641. The van der Waals surface area contributed by atoms with Crippen molar-refractivity contribution in [1.29, 1.82) is 0 Å². The van der Waals surface area contributed by atoms with Gasteiger partial charge in [0.05, 0.1) is 0 Å². The predicted molar refractivity (Wildman–Crippen MR) is 74.1 cm³/mol. The molecular formula is C14H15FN4O2. The van der Waals surface area contributed by atoms with Crippen LogP contribution in [0.1, 0.15) is 30.7 Å². The van der Waals surface area contributed by atoms with Crippen LogP contribution in [0.15, 0.2) is 28.9 Å². The average Bonchev–Trinajstić information content (AvgIpc) is 2.84. The molecule has 21 heavy (non-hydrogen) atoms. The highest BCUT2D eigenvalue weighted by molar-refractivity contribution is 5.81. The second-order valence-electron chi connectivity index (χ2n) is 5.27. The summed E-state index contributed by atoms with van der Waals surface area (Å²) in [6.45, 7) is 0. The van der Waals surface area contributed by atoms with Gasteiger partial charge >= 0.3 is 0 Å². The zero-order valence-corrected chi connectivity index (χ0v) is 11.3. The first-order valence-corrected chi connectivity index (χ1v) is 6.73. The Morgan fingerprint density at radius 3 is 2.67 bits per heavy atom. The minimum absolute atomic E-state index is 0.0606. The van der Waals surface area contributed by atoms with Gasteiger partial charge in [-0.25, -0.2) is 9.02 Å². The SMILES string of the molecule is Nc1nonc1NC1CC(=O)CC(c2ccc(F)cc2)C1. The first-order valence-electron chi connectivity index (χ1n) is 6.73. The Kier molecular flexibility index (Phi) is 3.55. The van der Waals surface area contributed by atoms with Gasteiger partial charge in [0.15, 0.2) is 0 Å². The summed E-state index contributed by atoms with van der Waals surface area (Å²) in [5.41, 5.74) is 6.56. The third kappa shape index (κ3) is 3.01. The molecule has 1 saturated carbocycles. The van der Waals surface area contributed by atoms with Gasteiger partial charge in [-0.2, -0.15) is 0 Å². The minimum Gasteiger partial charge on any atom is -0.378 e. The number of nitrogens with one attached hydrogen (secondary N) is 1. The standard InChI is InChI=1S/C14H15FN4O2/c15-10-3-1-8(2-4-10)9-5-11(7-12(20)6-9)17-14-13(16)18-21-19-14/h1-4,9,11H,5-7H2,(H2,16,18)(H,17,19). The summed E-state index contributed by atoms with van der Waals surface area (Å²) in [4.78, 5) is 11.9. The molecule has 1 aliphatic carbocycles. The molecule has 1 heterocycles. The highest BCUT2D eigenvalue weighted by Crippen LogP contribution is 2.33. The molecule has 1 fully saturated rings. The molecule has 3 N–H and O–H groups in total. The summed E-state index contributed by atoms with van der Waals surface area (Å²) in [5, 5.41) is 10.2. The van der Waals surface area contributed by atoms with Crippen LogP contribution < -0.4 is 11.1 Å². The third-order valence-electron chi connectivity index (χ3n) is 3.71. The number of rotatable bonds is 3. The van der Waals surface area contributed by atoms with Gasteiger partial charge in [-0.1, -0.05) is 12.1 Å². The fraction of sp³-hybridized carbons (Fsp3) is 0.357. The second-order valence-corrected chi connectivity index (χ2v) is 5.27. The Balaban J connectivity index is 1.74. The van der Waals surface area contributed by atoms with Gasteiger partial charge in [0.25, 0.3) is 0 Å². The van der Waals surface area contributed by atoms with Gasteiger partial charge in [-0.15, -0.1) is 0 Å². The number of nitrogen functional groups attached to an aromatic ring is 1. The molecule has 0 bridgehead atoms. The molecule has 2 aromatic rings. The van der Waals surface area contributed by atoms with Crippen molar-refractivity contribution in [3.8, 4) is 0 Å². The highest BCUT2D eigenvalue weighted by Gasteiger charge is 2.29. The summed E-state index contributed by atoms with van der Waals surface area (Å²) in [6, 6.07) is 6.19. The molecule has 2 unspecified atom stereocenters. The average molecular weight is 290 g/mol. The lowest BCUT2D eigenvalue weighted by atomic mass is 9.80. The van der Waals surface area contributed by atoms with E-state index in [1.165, 1.54) is 12.1 Å². The molecule has 0 spiro atoms. The van der Waals surface area contributed by atoms with Crippen molar-refractivity contribution in [2.24, 2.45) is 0 Å². The van der Waals surface area contributed by atoms with Crippen LogP contribution >= 0.6 is 0 Å².